The summed E-state index contributed by atoms with van der Waals surface area (Å²) in [6.07, 6.45) is 3.44. The number of carbonyl (C=O) groups excluding carboxylic acids is 1. The van der Waals surface area contributed by atoms with Crippen LogP contribution in [0.2, 0.25) is 0 Å². The lowest BCUT2D eigenvalue weighted by Crippen LogP contribution is -2.17. The van der Waals surface area contributed by atoms with Gasteiger partial charge in [0.1, 0.15) is 0 Å². The van der Waals surface area contributed by atoms with Gasteiger partial charge in [0.05, 0.1) is 16.9 Å². The summed E-state index contributed by atoms with van der Waals surface area (Å²) >= 11 is 0. The third-order valence-corrected chi connectivity index (χ3v) is 2.93. The molecular formula is C14H16N4O. The molecule has 2 aromatic rings. The van der Waals surface area contributed by atoms with Crippen molar-refractivity contribution < 1.29 is 4.79 Å². The van der Waals surface area contributed by atoms with Gasteiger partial charge in [0, 0.05) is 18.4 Å². The number of nitrogen functional groups attached to an aromatic ring is 1. The zero-order valence-corrected chi connectivity index (χ0v) is 10.6. The second kappa shape index (κ2) is 5.39. The van der Waals surface area contributed by atoms with Gasteiger partial charge >= 0.3 is 0 Å². The van der Waals surface area contributed by atoms with E-state index in [0.29, 0.717) is 16.9 Å². The van der Waals surface area contributed by atoms with Crippen LogP contribution in [0.3, 0.4) is 0 Å². The highest BCUT2D eigenvalue weighted by atomic mass is 16.1. The summed E-state index contributed by atoms with van der Waals surface area (Å²) in [7, 11) is 0. The van der Waals surface area contributed by atoms with Crippen LogP contribution in [0.25, 0.3) is 0 Å². The van der Waals surface area contributed by atoms with Gasteiger partial charge in [-0.25, -0.2) is 0 Å². The molecule has 0 aliphatic rings. The zero-order chi connectivity index (χ0) is 13.8. The van der Waals surface area contributed by atoms with Crippen LogP contribution in [0.4, 0.5) is 11.4 Å². The summed E-state index contributed by atoms with van der Waals surface area (Å²) in [5.74, 6) is -0.503. The number of benzene rings is 1. The number of nitrogens with one attached hydrogen (secondary N) is 1. The minimum absolute atomic E-state index is 0.00852. The van der Waals surface area contributed by atoms with Gasteiger partial charge < -0.3 is 16.8 Å². The number of carbonyl (C=O) groups is 1. The first-order valence-electron chi connectivity index (χ1n) is 5.94. The Labute approximate surface area is 111 Å². The second-order valence-electron chi connectivity index (χ2n) is 4.28. The molecule has 5 nitrogen and oxygen atoms in total. The molecule has 98 valence electrons. The van der Waals surface area contributed by atoms with Crippen molar-refractivity contribution in [3.8, 4) is 0 Å². The van der Waals surface area contributed by atoms with E-state index in [-0.39, 0.29) is 6.04 Å². The van der Waals surface area contributed by atoms with Crippen molar-refractivity contribution in [3.05, 3.63) is 53.9 Å². The van der Waals surface area contributed by atoms with Crippen LogP contribution in [-0.2, 0) is 0 Å². The van der Waals surface area contributed by atoms with Gasteiger partial charge in [-0.15, -0.1) is 0 Å². The topological polar surface area (TPSA) is 94.0 Å². The van der Waals surface area contributed by atoms with Gasteiger partial charge in [-0.2, -0.15) is 0 Å². The first-order valence-corrected chi connectivity index (χ1v) is 5.94. The Hall–Kier alpha value is -2.56. The van der Waals surface area contributed by atoms with Crippen molar-refractivity contribution in [2.45, 2.75) is 13.0 Å². The Bertz CT molecular complexity index is 583. The number of amides is 1. The number of aromatic nitrogens is 1. The molecule has 5 N–H and O–H groups in total. The summed E-state index contributed by atoms with van der Waals surface area (Å²) in [5, 5.41) is 3.22. The minimum atomic E-state index is -0.503. The molecule has 0 fully saturated rings. The molecule has 1 aromatic heterocycles. The largest absolute Gasteiger partial charge is 0.397 e. The van der Waals surface area contributed by atoms with E-state index >= 15 is 0 Å². The van der Waals surface area contributed by atoms with Crippen molar-refractivity contribution in [3.63, 3.8) is 0 Å². The van der Waals surface area contributed by atoms with Gasteiger partial charge in [-0.1, -0.05) is 6.07 Å². The predicted molar refractivity (Wildman–Crippen MR) is 75.6 cm³/mol. The average Bonchev–Trinajstić information content (AvgIpc) is 2.41. The monoisotopic (exact) mass is 256 g/mol. The summed E-state index contributed by atoms with van der Waals surface area (Å²) in [5.41, 5.74) is 13.8. The normalized spacial score (nSPS) is 11.8. The van der Waals surface area contributed by atoms with Gasteiger partial charge in [-0.05, 0) is 36.8 Å². The molecule has 19 heavy (non-hydrogen) atoms. The number of hydrogen-bond acceptors (Lipinski definition) is 4. The summed E-state index contributed by atoms with van der Waals surface area (Å²) in [6, 6.07) is 8.89. The zero-order valence-electron chi connectivity index (χ0n) is 10.6. The molecule has 0 aliphatic heterocycles. The maximum absolute atomic E-state index is 11.4. The molecule has 1 aromatic carbocycles. The molecule has 2 rings (SSSR count). The molecule has 1 heterocycles. The van der Waals surface area contributed by atoms with Crippen molar-refractivity contribution in [2.24, 2.45) is 5.73 Å². The number of para-hydroxylation sites is 1. The van der Waals surface area contributed by atoms with Crippen LogP contribution >= 0.6 is 0 Å². The highest BCUT2D eigenvalue weighted by Crippen LogP contribution is 2.27. The van der Waals surface area contributed by atoms with Crippen LogP contribution in [0.5, 0.6) is 0 Å². The van der Waals surface area contributed by atoms with Crippen LogP contribution in [0.15, 0.2) is 42.7 Å². The predicted octanol–water partition coefficient (Wildman–Crippen LogP) is 1.94. The maximum atomic E-state index is 11.4. The van der Waals surface area contributed by atoms with E-state index in [4.69, 9.17) is 11.5 Å². The number of hydrogen-bond donors (Lipinski definition) is 3. The quantitative estimate of drug-likeness (QED) is 0.728. The Morgan fingerprint density at radius 3 is 2.58 bits per heavy atom. The third-order valence-electron chi connectivity index (χ3n) is 2.93. The molecule has 0 spiro atoms. The number of anilines is 2. The van der Waals surface area contributed by atoms with Gasteiger partial charge in [0.15, 0.2) is 0 Å². The highest BCUT2D eigenvalue weighted by Gasteiger charge is 2.13. The summed E-state index contributed by atoms with van der Waals surface area (Å²) in [6.45, 7) is 1.98. The molecule has 0 bridgehead atoms. The van der Waals surface area contributed by atoms with E-state index in [2.05, 4.69) is 10.3 Å². The van der Waals surface area contributed by atoms with Crippen molar-refractivity contribution in [1.29, 1.82) is 0 Å². The summed E-state index contributed by atoms with van der Waals surface area (Å²) < 4.78 is 0. The van der Waals surface area contributed by atoms with Gasteiger partial charge in [0.2, 0.25) is 0 Å². The lowest BCUT2D eigenvalue weighted by atomic mass is 10.1. The molecule has 5 heteroatoms. The average molecular weight is 256 g/mol. The van der Waals surface area contributed by atoms with Gasteiger partial charge in [0.25, 0.3) is 5.91 Å². The first-order chi connectivity index (χ1) is 9.09. The van der Waals surface area contributed by atoms with Crippen molar-refractivity contribution in [1.82, 2.24) is 4.98 Å². The molecule has 1 atom stereocenters. The molecule has 1 unspecified atom stereocenters. The number of rotatable bonds is 4. The molecular weight excluding hydrogens is 240 g/mol. The molecule has 1 amide bonds. The number of nitrogens with zero attached hydrogens (tertiary/aromatic N) is 1. The standard InChI is InChI=1S/C14H16N4O/c1-9(10-5-7-17-8-6-10)18-13-11(14(16)19)3-2-4-12(13)15/h2-9,18H,15H2,1H3,(H2,16,19). The van der Waals surface area contributed by atoms with E-state index in [1.807, 2.05) is 19.1 Å². The van der Waals surface area contributed by atoms with E-state index in [9.17, 15) is 4.79 Å². The lowest BCUT2D eigenvalue weighted by Gasteiger charge is -2.19. The van der Waals surface area contributed by atoms with Crippen molar-refractivity contribution in [2.75, 3.05) is 11.1 Å². The smallest absolute Gasteiger partial charge is 0.250 e. The number of nitrogens with two attached hydrogens (primary N) is 2. The molecule has 0 radical (unpaired) electrons. The SMILES string of the molecule is CC(Nc1c(N)cccc1C(N)=O)c1ccncc1. The van der Waals surface area contributed by atoms with E-state index < -0.39 is 5.91 Å². The van der Waals surface area contributed by atoms with Gasteiger partial charge in [-0.3, -0.25) is 9.78 Å². The summed E-state index contributed by atoms with van der Waals surface area (Å²) in [4.78, 5) is 15.4. The minimum Gasteiger partial charge on any atom is -0.397 e. The molecule has 0 saturated heterocycles. The van der Waals surface area contributed by atoms with Crippen LogP contribution < -0.4 is 16.8 Å². The van der Waals surface area contributed by atoms with Crippen LogP contribution in [-0.4, -0.2) is 10.9 Å². The fraction of sp³-hybridized carbons (Fsp3) is 0.143. The van der Waals surface area contributed by atoms with E-state index in [1.165, 1.54) is 0 Å². The Kier molecular flexibility index (Phi) is 3.66. The van der Waals surface area contributed by atoms with Crippen molar-refractivity contribution >= 4 is 17.3 Å². The molecule has 0 saturated carbocycles. The number of primary amides is 1. The third kappa shape index (κ3) is 2.82. The van der Waals surface area contributed by atoms with E-state index in [1.54, 1.807) is 30.6 Å². The molecule has 0 aliphatic carbocycles. The lowest BCUT2D eigenvalue weighted by molar-refractivity contribution is 0.100. The number of pyridine rings is 1. The fourth-order valence-corrected chi connectivity index (χ4v) is 1.89. The fourth-order valence-electron chi connectivity index (χ4n) is 1.89. The highest BCUT2D eigenvalue weighted by molar-refractivity contribution is 6.01. The Balaban J connectivity index is 2.31. The second-order valence-corrected chi connectivity index (χ2v) is 4.28. The Morgan fingerprint density at radius 1 is 1.26 bits per heavy atom. The Morgan fingerprint density at radius 2 is 1.95 bits per heavy atom. The van der Waals surface area contributed by atoms with Crippen LogP contribution in [0, 0.1) is 0 Å². The maximum Gasteiger partial charge on any atom is 0.250 e. The first kappa shape index (κ1) is 12.9. The van der Waals surface area contributed by atoms with E-state index in [0.717, 1.165) is 5.56 Å². The van der Waals surface area contributed by atoms with Crippen LogP contribution in [0.1, 0.15) is 28.9 Å².